The summed E-state index contributed by atoms with van der Waals surface area (Å²) in [5.74, 6) is 1.66. The van der Waals surface area contributed by atoms with E-state index in [2.05, 4.69) is 46.2 Å². The van der Waals surface area contributed by atoms with Gasteiger partial charge in [-0.25, -0.2) is 0 Å². The highest BCUT2D eigenvalue weighted by Gasteiger charge is 2.36. The molecule has 1 aliphatic heterocycles. The SMILES string of the molecule is CC1Cc2ccccc2N1Cc1ccoc1-c1nc(C2(N)CCCC2)no1. The fourth-order valence-corrected chi connectivity index (χ4v) is 4.45. The maximum Gasteiger partial charge on any atom is 0.294 e. The number of nitrogens with zero attached hydrogens (tertiary/aromatic N) is 3. The molecule has 1 aromatic carbocycles. The Balaban J connectivity index is 1.43. The summed E-state index contributed by atoms with van der Waals surface area (Å²) in [7, 11) is 0. The van der Waals surface area contributed by atoms with E-state index in [0.717, 1.165) is 44.2 Å². The minimum Gasteiger partial charge on any atom is -0.459 e. The lowest BCUT2D eigenvalue weighted by molar-refractivity contribution is 0.368. The van der Waals surface area contributed by atoms with Crippen LogP contribution in [0.4, 0.5) is 5.69 Å². The van der Waals surface area contributed by atoms with E-state index < -0.39 is 5.54 Å². The maximum absolute atomic E-state index is 6.46. The molecule has 5 rings (SSSR count). The fraction of sp³-hybridized carbons (Fsp3) is 0.429. The molecule has 3 heterocycles. The van der Waals surface area contributed by atoms with Crippen molar-refractivity contribution < 1.29 is 8.94 Å². The number of aromatic nitrogens is 2. The van der Waals surface area contributed by atoms with Crippen LogP contribution >= 0.6 is 0 Å². The van der Waals surface area contributed by atoms with Crippen LogP contribution in [0.15, 0.2) is 45.5 Å². The number of nitrogens with two attached hydrogens (primary N) is 1. The zero-order chi connectivity index (χ0) is 18.4. The highest BCUT2D eigenvalue weighted by molar-refractivity contribution is 5.61. The third-order valence-corrected chi connectivity index (χ3v) is 6.00. The Morgan fingerprint density at radius 2 is 2.04 bits per heavy atom. The molecule has 0 saturated heterocycles. The average Bonchev–Trinajstić information content (AvgIpc) is 3.43. The van der Waals surface area contributed by atoms with Crippen molar-refractivity contribution >= 4 is 5.69 Å². The molecule has 6 heteroatoms. The molecule has 6 nitrogen and oxygen atoms in total. The first-order valence-corrected chi connectivity index (χ1v) is 9.68. The molecule has 1 unspecified atom stereocenters. The Morgan fingerprint density at radius 1 is 1.22 bits per heavy atom. The van der Waals surface area contributed by atoms with E-state index in [4.69, 9.17) is 14.7 Å². The Hall–Kier alpha value is -2.60. The van der Waals surface area contributed by atoms with Gasteiger partial charge in [0.1, 0.15) is 0 Å². The zero-order valence-electron chi connectivity index (χ0n) is 15.5. The van der Waals surface area contributed by atoms with Crippen molar-refractivity contribution in [2.75, 3.05) is 4.90 Å². The van der Waals surface area contributed by atoms with Crippen LogP contribution < -0.4 is 10.6 Å². The Morgan fingerprint density at radius 3 is 2.89 bits per heavy atom. The molecule has 0 bridgehead atoms. The first kappa shape index (κ1) is 16.6. The van der Waals surface area contributed by atoms with Gasteiger partial charge >= 0.3 is 0 Å². The number of furan rings is 1. The molecule has 0 spiro atoms. The summed E-state index contributed by atoms with van der Waals surface area (Å²) in [6, 6.07) is 11.0. The highest BCUT2D eigenvalue weighted by atomic mass is 16.5. The molecule has 1 fully saturated rings. The van der Waals surface area contributed by atoms with Gasteiger partial charge in [-0.3, -0.25) is 0 Å². The van der Waals surface area contributed by atoms with Crippen LogP contribution in [0.25, 0.3) is 11.7 Å². The Bertz CT molecular complexity index is 955. The normalized spacial score (nSPS) is 21.0. The number of anilines is 1. The van der Waals surface area contributed by atoms with E-state index in [1.54, 1.807) is 6.26 Å². The van der Waals surface area contributed by atoms with Gasteiger partial charge in [0.15, 0.2) is 11.6 Å². The van der Waals surface area contributed by atoms with Crippen molar-refractivity contribution in [3.63, 3.8) is 0 Å². The number of para-hydroxylation sites is 1. The first-order valence-electron chi connectivity index (χ1n) is 9.68. The molecule has 2 N–H and O–H groups in total. The summed E-state index contributed by atoms with van der Waals surface area (Å²) >= 11 is 0. The quantitative estimate of drug-likeness (QED) is 0.753. The van der Waals surface area contributed by atoms with Crippen molar-refractivity contribution in [1.29, 1.82) is 0 Å². The molecular formula is C21H24N4O2. The molecule has 2 aliphatic rings. The van der Waals surface area contributed by atoms with Crippen molar-refractivity contribution in [3.05, 3.63) is 53.5 Å². The van der Waals surface area contributed by atoms with E-state index in [9.17, 15) is 0 Å². The highest BCUT2D eigenvalue weighted by Crippen LogP contribution is 2.37. The van der Waals surface area contributed by atoms with E-state index in [1.807, 2.05) is 6.07 Å². The number of hydrogen-bond acceptors (Lipinski definition) is 6. The predicted octanol–water partition coefficient (Wildman–Crippen LogP) is 4.01. The molecule has 1 saturated carbocycles. The standard InChI is InChI=1S/C21H24N4O2/c1-14-12-15-6-2-3-7-17(15)25(14)13-16-8-11-26-18(16)19-23-20(24-27-19)21(22)9-4-5-10-21/h2-3,6-8,11,14H,4-5,9-10,12-13,22H2,1H3. The van der Waals surface area contributed by atoms with Gasteiger partial charge in [-0.2, -0.15) is 4.98 Å². The average molecular weight is 364 g/mol. The largest absolute Gasteiger partial charge is 0.459 e. The molecule has 140 valence electrons. The molecule has 1 atom stereocenters. The zero-order valence-corrected chi connectivity index (χ0v) is 15.5. The second kappa shape index (κ2) is 6.23. The molecule has 3 aromatic rings. The Labute approximate surface area is 158 Å². The number of fused-ring (bicyclic) bond motifs is 1. The molecule has 0 radical (unpaired) electrons. The minimum absolute atomic E-state index is 0.418. The Kier molecular flexibility index (Phi) is 3.82. The number of rotatable bonds is 4. The van der Waals surface area contributed by atoms with E-state index >= 15 is 0 Å². The lowest BCUT2D eigenvalue weighted by atomic mass is 9.99. The van der Waals surface area contributed by atoms with E-state index in [-0.39, 0.29) is 0 Å². The van der Waals surface area contributed by atoms with Crippen LogP contribution in [-0.2, 0) is 18.5 Å². The minimum atomic E-state index is -0.461. The van der Waals surface area contributed by atoms with Gasteiger partial charge in [0.2, 0.25) is 0 Å². The van der Waals surface area contributed by atoms with E-state index in [0.29, 0.717) is 23.5 Å². The van der Waals surface area contributed by atoms with Gasteiger partial charge in [-0.1, -0.05) is 36.2 Å². The van der Waals surface area contributed by atoms with Crippen molar-refractivity contribution in [2.24, 2.45) is 5.73 Å². The summed E-state index contributed by atoms with van der Waals surface area (Å²) in [6.45, 7) is 3.00. The van der Waals surface area contributed by atoms with Crippen molar-refractivity contribution in [2.45, 2.75) is 57.2 Å². The van der Waals surface area contributed by atoms with Crippen LogP contribution in [0, 0.1) is 0 Å². The van der Waals surface area contributed by atoms with Crippen molar-refractivity contribution in [1.82, 2.24) is 10.1 Å². The smallest absolute Gasteiger partial charge is 0.294 e. The fourth-order valence-electron chi connectivity index (χ4n) is 4.45. The van der Waals surface area contributed by atoms with Crippen LogP contribution in [-0.4, -0.2) is 16.2 Å². The van der Waals surface area contributed by atoms with Gasteiger partial charge in [0.05, 0.1) is 11.8 Å². The summed E-state index contributed by atoms with van der Waals surface area (Å²) in [6.07, 6.45) is 6.77. The topological polar surface area (TPSA) is 81.3 Å². The van der Waals surface area contributed by atoms with Gasteiger partial charge < -0.3 is 19.6 Å². The van der Waals surface area contributed by atoms with Crippen LogP contribution in [0.1, 0.15) is 49.6 Å². The summed E-state index contributed by atoms with van der Waals surface area (Å²) in [5.41, 5.74) is 9.73. The van der Waals surface area contributed by atoms with Gasteiger partial charge in [0.25, 0.3) is 5.89 Å². The van der Waals surface area contributed by atoms with E-state index in [1.165, 1.54) is 11.3 Å². The third kappa shape index (κ3) is 2.75. The second-order valence-electron chi connectivity index (χ2n) is 7.87. The maximum atomic E-state index is 6.46. The van der Waals surface area contributed by atoms with Crippen LogP contribution in [0.2, 0.25) is 0 Å². The number of hydrogen-bond donors (Lipinski definition) is 1. The molecule has 2 aromatic heterocycles. The third-order valence-electron chi connectivity index (χ3n) is 6.00. The lowest BCUT2D eigenvalue weighted by Crippen LogP contribution is -2.34. The predicted molar refractivity (Wildman–Crippen MR) is 102 cm³/mol. The van der Waals surface area contributed by atoms with Gasteiger partial charge in [-0.15, -0.1) is 0 Å². The molecule has 1 aliphatic carbocycles. The molecule has 27 heavy (non-hydrogen) atoms. The van der Waals surface area contributed by atoms with Gasteiger partial charge in [0, 0.05) is 23.8 Å². The van der Waals surface area contributed by atoms with Gasteiger partial charge in [-0.05, 0) is 43.9 Å². The van der Waals surface area contributed by atoms with Crippen LogP contribution in [0.5, 0.6) is 0 Å². The molecular weight excluding hydrogens is 340 g/mol. The van der Waals surface area contributed by atoms with Crippen LogP contribution in [0.3, 0.4) is 0 Å². The first-order chi connectivity index (χ1) is 13.1. The summed E-state index contributed by atoms with van der Waals surface area (Å²) < 4.78 is 11.3. The monoisotopic (exact) mass is 364 g/mol. The summed E-state index contributed by atoms with van der Waals surface area (Å²) in [5, 5.41) is 4.17. The number of benzene rings is 1. The molecule has 0 amide bonds. The lowest BCUT2D eigenvalue weighted by Gasteiger charge is -2.24. The van der Waals surface area contributed by atoms with Crippen molar-refractivity contribution in [3.8, 4) is 11.7 Å². The second-order valence-corrected chi connectivity index (χ2v) is 7.87. The summed E-state index contributed by atoms with van der Waals surface area (Å²) in [4.78, 5) is 7.00.